The van der Waals surface area contributed by atoms with Crippen LogP contribution in [-0.2, 0) is 4.74 Å². The minimum atomic E-state index is -0.488. The summed E-state index contributed by atoms with van der Waals surface area (Å²) in [5.74, 6) is 0.108. The fourth-order valence-corrected chi connectivity index (χ4v) is 2.53. The summed E-state index contributed by atoms with van der Waals surface area (Å²) in [7, 11) is 0. The van der Waals surface area contributed by atoms with Gasteiger partial charge in [0, 0.05) is 24.2 Å². The number of aromatic nitrogens is 1. The molecule has 7 heteroatoms. The molecule has 0 saturated carbocycles. The number of nitrogens with zero attached hydrogens (tertiary/aromatic N) is 1. The summed E-state index contributed by atoms with van der Waals surface area (Å²) in [6.07, 6.45) is 0.225. The Balaban J connectivity index is 1.94. The molecule has 2 aromatic rings. The van der Waals surface area contributed by atoms with Crippen LogP contribution in [0, 0.1) is 5.92 Å². The number of rotatable bonds is 8. The molecule has 1 aromatic carbocycles. The number of hydrogen-bond donors (Lipinski definition) is 2. The minimum absolute atomic E-state index is 0.128. The first kappa shape index (κ1) is 19.5. The van der Waals surface area contributed by atoms with Gasteiger partial charge in [0.15, 0.2) is 0 Å². The molecule has 0 spiro atoms. The van der Waals surface area contributed by atoms with Crippen molar-refractivity contribution in [3.05, 3.63) is 42.2 Å². The average molecular weight is 359 g/mol. The number of nitrogens with one attached hydrogen (secondary N) is 2. The molecule has 26 heavy (non-hydrogen) atoms. The summed E-state index contributed by atoms with van der Waals surface area (Å²) in [5, 5.41) is 9.47. The van der Waals surface area contributed by atoms with Gasteiger partial charge in [0.2, 0.25) is 5.76 Å². The molecule has 1 aromatic heterocycles. The third kappa shape index (κ3) is 5.91. The minimum Gasteiger partial charge on any atom is -0.450 e. The van der Waals surface area contributed by atoms with Gasteiger partial charge in [-0.3, -0.25) is 4.79 Å². The van der Waals surface area contributed by atoms with Crippen molar-refractivity contribution in [1.82, 2.24) is 15.8 Å². The van der Waals surface area contributed by atoms with Gasteiger partial charge in [-0.05, 0) is 19.3 Å². The van der Waals surface area contributed by atoms with Gasteiger partial charge in [-0.25, -0.2) is 4.79 Å². The molecule has 0 aliphatic rings. The SMILES string of the molecule is CCOC(=O)NC(CNC(=O)c1cc(-c2ccccc2)no1)CC(C)C. The van der Waals surface area contributed by atoms with Crippen LogP contribution in [0.5, 0.6) is 0 Å². The summed E-state index contributed by atoms with van der Waals surface area (Å²) in [5.41, 5.74) is 1.47. The van der Waals surface area contributed by atoms with Crippen molar-refractivity contribution in [2.75, 3.05) is 13.2 Å². The van der Waals surface area contributed by atoms with Gasteiger partial charge in [0.25, 0.3) is 5.91 Å². The Morgan fingerprint density at radius 3 is 2.62 bits per heavy atom. The maximum atomic E-state index is 12.3. The van der Waals surface area contributed by atoms with E-state index in [1.54, 1.807) is 13.0 Å². The van der Waals surface area contributed by atoms with Crippen molar-refractivity contribution < 1.29 is 18.8 Å². The third-order valence-corrected chi connectivity index (χ3v) is 3.67. The van der Waals surface area contributed by atoms with E-state index in [1.807, 2.05) is 44.2 Å². The van der Waals surface area contributed by atoms with Gasteiger partial charge in [0.05, 0.1) is 6.61 Å². The molecule has 2 rings (SSSR count). The number of ether oxygens (including phenoxy) is 1. The number of carbonyl (C=O) groups is 2. The number of carbonyl (C=O) groups excluding carboxylic acids is 2. The Labute approximate surface area is 153 Å². The van der Waals surface area contributed by atoms with Crippen LogP contribution in [0.25, 0.3) is 11.3 Å². The number of alkyl carbamates (subject to hydrolysis) is 1. The lowest BCUT2D eigenvalue weighted by atomic mass is 10.0. The van der Waals surface area contributed by atoms with Crippen LogP contribution in [0.3, 0.4) is 0 Å². The maximum absolute atomic E-state index is 12.3. The molecule has 2 N–H and O–H groups in total. The Kier molecular flexibility index (Phi) is 7.20. The normalized spacial score (nSPS) is 11.8. The predicted octanol–water partition coefficient (Wildman–Crippen LogP) is 3.23. The van der Waals surface area contributed by atoms with Crippen molar-refractivity contribution in [2.45, 2.75) is 33.2 Å². The van der Waals surface area contributed by atoms with Crippen LogP contribution in [0.2, 0.25) is 0 Å². The van der Waals surface area contributed by atoms with E-state index in [9.17, 15) is 9.59 Å². The summed E-state index contributed by atoms with van der Waals surface area (Å²) in [4.78, 5) is 23.9. The standard InChI is InChI=1S/C19H25N3O4/c1-4-25-19(24)21-15(10-13(2)3)12-20-18(23)17-11-16(22-26-17)14-8-6-5-7-9-14/h5-9,11,13,15H,4,10,12H2,1-3H3,(H,20,23)(H,21,24). The Morgan fingerprint density at radius 1 is 1.23 bits per heavy atom. The van der Waals surface area contributed by atoms with Crippen LogP contribution in [0.1, 0.15) is 37.7 Å². The third-order valence-electron chi connectivity index (χ3n) is 3.67. The summed E-state index contributed by atoms with van der Waals surface area (Å²) in [6, 6.07) is 10.8. The topological polar surface area (TPSA) is 93.5 Å². The van der Waals surface area contributed by atoms with Crippen molar-refractivity contribution in [3.63, 3.8) is 0 Å². The van der Waals surface area contributed by atoms with E-state index in [0.717, 1.165) is 5.56 Å². The fraction of sp³-hybridized carbons (Fsp3) is 0.421. The van der Waals surface area contributed by atoms with E-state index in [-0.39, 0.29) is 24.3 Å². The van der Waals surface area contributed by atoms with Gasteiger partial charge >= 0.3 is 6.09 Å². The molecule has 2 amide bonds. The van der Waals surface area contributed by atoms with E-state index in [1.165, 1.54) is 0 Å². The van der Waals surface area contributed by atoms with E-state index in [4.69, 9.17) is 9.26 Å². The van der Waals surface area contributed by atoms with Crippen molar-refractivity contribution in [2.24, 2.45) is 5.92 Å². The van der Waals surface area contributed by atoms with Crippen LogP contribution in [0.15, 0.2) is 40.9 Å². The van der Waals surface area contributed by atoms with Crippen molar-refractivity contribution >= 4 is 12.0 Å². The van der Waals surface area contributed by atoms with Gasteiger partial charge in [-0.2, -0.15) is 0 Å². The molecule has 1 unspecified atom stereocenters. The lowest BCUT2D eigenvalue weighted by molar-refractivity contribution is 0.0908. The Morgan fingerprint density at radius 2 is 1.96 bits per heavy atom. The molecule has 0 bridgehead atoms. The van der Waals surface area contributed by atoms with Gasteiger partial charge in [-0.1, -0.05) is 49.3 Å². The predicted molar refractivity (Wildman–Crippen MR) is 97.7 cm³/mol. The Hall–Kier alpha value is -2.83. The molecular weight excluding hydrogens is 334 g/mol. The highest BCUT2D eigenvalue weighted by Crippen LogP contribution is 2.18. The van der Waals surface area contributed by atoms with E-state index < -0.39 is 6.09 Å². The molecule has 0 radical (unpaired) electrons. The summed E-state index contributed by atoms with van der Waals surface area (Å²) >= 11 is 0. The van der Waals surface area contributed by atoms with Crippen molar-refractivity contribution in [3.8, 4) is 11.3 Å². The molecule has 1 heterocycles. The molecule has 1 atom stereocenters. The number of benzene rings is 1. The Bertz CT molecular complexity index is 713. The molecule has 0 aliphatic heterocycles. The van der Waals surface area contributed by atoms with Gasteiger partial charge in [0.1, 0.15) is 5.69 Å². The van der Waals surface area contributed by atoms with Gasteiger partial charge in [-0.15, -0.1) is 0 Å². The van der Waals surface area contributed by atoms with Crippen LogP contribution in [0.4, 0.5) is 4.79 Å². The van der Waals surface area contributed by atoms with Crippen LogP contribution in [-0.4, -0.2) is 36.4 Å². The van der Waals surface area contributed by atoms with E-state index >= 15 is 0 Å². The zero-order chi connectivity index (χ0) is 18.9. The molecule has 0 aliphatic carbocycles. The second kappa shape index (κ2) is 9.60. The van der Waals surface area contributed by atoms with Crippen LogP contribution >= 0.6 is 0 Å². The quantitative estimate of drug-likeness (QED) is 0.755. The summed E-state index contributed by atoms with van der Waals surface area (Å²) in [6.45, 7) is 6.41. The van der Waals surface area contributed by atoms with E-state index in [2.05, 4.69) is 15.8 Å². The summed E-state index contributed by atoms with van der Waals surface area (Å²) < 4.78 is 10.0. The largest absolute Gasteiger partial charge is 0.450 e. The highest BCUT2D eigenvalue weighted by Gasteiger charge is 2.18. The van der Waals surface area contributed by atoms with E-state index in [0.29, 0.717) is 24.6 Å². The number of hydrogen-bond acceptors (Lipinski definition) is 5. The molecular formula is C19H25N3O4. The smallest absolute Gasteiger partial charge is 0.407 e. The first-order valence-electron chi connectivity index (χ1n) is 8.73. The zero-order valence-corrected chi connectivity index (χ0v) is 15.3. The highest BCUT2D eigenvalue weighted by atomic mass is 16.5. The van der Waals surface area contributed by atoms with Gasteiger partial charge < -0.3 is 19.9 Å². The lowest BCUT2D eigenvalue weighted by Crippen LogP contribution is -2.44. The molecule has 7 nitrogen and oxygen atoms in total. The number of amides is 2. The lowest BCUT2D eigenvalue weighted by Gasteiger charge is -2.20. The first-order valence-corrected chi connectivity index (χ1v) is 8.73. The van der Waals surface area contributed by atoms with Crippen molar-refractivity contribution in [1.29, 1.82) is 0 Å². The second-order valence-electron chi connectivity index (χ2n) is 6.34. The fourth-order valence-electron chi connectivity index (χ4n) is 2.53. The molecule has 0 saturated heterocycles. The van der Waals surface area contributed by atoms with Crippen LogP contribution < -0.4 is 10.6 Å². The molecule has 140 valence electrons. The zero-order valence-electron chi connectivity index (χ0n) is 15.3. The maximum Gasteiger partial charge on any atom is 0.407 e. The second-order valence-corrected chi connectivity index (χ2v) is 6.34. The first-order chi connectivity index (χ1) is 12.5. The monoisotopic (exact) mass is 359 g/mol. The molecule has 0 fully saturated rings. The average Bonchev–Trinajstić information content (AvgIpc) is 3.10. The highest BCUT2D eigenvalue weighted by molar-refractivity contribution is 5.92.